The smallest absolute Gasteiger partial charge is 0.355 e. The molecule has 0 bridgehead atoms. The van der Waals surface area contributed by atoms with Gasteiger partial charge in [-0.25, -0.2) is 4.79 Å². The van der Waals surface area contributed by atoms with Crippen molar-refractivity contribution in [3.05, 3.63) is 33.9 Å². The maximum atomic E-state index is 11.9. The molecule has 0 saturated heterocycles. The van der Waals surface area contributed by atoms with E-state index in [4.69, 9.17) is 10.5 Å². The quantitative estimate of drug-likeness (QED) is 0.853. The molecule has 0 fully saturated rings. The third-order valence-corrected chi connectivity index (χ3v) is 3.24. The van der Waals surface area contributed by atoms with E-state index in [1.807, 2.05) is 18.2 Å². The number of nitrogens with one attached hydrogen (secondary N) is 1. The maximum absolute atomic E-state index is 11.9. The largest absolute Gasteiger partial charge is 0.461 e. The highest BCUT2D eigenvalue weighted by Gasteiger charge is 2.18. The highest BCUT2D eigenvalue weighted by molar-refractivity contribution is 9.10. The first kappa shape index (κ1) is 13.1. The van der Waals surface area contributed by atoms with Gasteiger partial charge in [-0.2, -0.15) is 0 Å². The van der Waals surface area contributed by atoms with E-state index in [2.05, 4.69) is 20.9 Å². The number of H-pyrrole nitrogens is 1. The Morgan fingerprint density at radius 2 is 2.28 bits per heavy atom. The monoisotopic (exact) mass is 310 g/mol. The van der Waals surface area contributed by atoms with Crippen molar-refractivity contribution in [2.45, 2.75) is 13.3 Å². The maximum Gasteiger partial charge on any atom is 0.355 e. The van der Waals surface area contributed by atoms with E-state index < -0.39 is 0 Å². The minimum Gasteiger partial charge on any atom is -0.461 e. The standard InChI is InChI=1S/C13H15BrN2O2/c1-2-18-13(17)12-9(5-6-15)10-7-8(14)3-4-11(10)16-12/h3-4,7,16H,2,5-6,15H2,1H3. The molecule has 2 rings (SSSR count). The van der Waals surface area contributed by atoms with Crippen molar-refractivity contribution in [1.29, 1.82) is 0 Å². The molecular formula is C13H15BrN2O2. The van der Waals surface area contributed by atoms with Crippen LogP contribution in [-0.2, 0) is 11.2 Å². The number of ether oxygens (including phenoxy) is 1. The molecule has 1 aromatic carbocycles. The van der Waals surface area contributed by atoms with Gasteiger partial charge in [-0.05, 0) is 43.7 Å². The average molecular weight is 311 g/mol. The molecule has 0 aliphatic heterocycles. The fourth-order valence-corrected chi connectivity index (χ4v) is 2.36. The second kappa shape index (κ2) is 5.54. The van der Waals surface area contributed by atoms with E-state index >= 15 is 0 Å². The minimum absolute atomic E-state index is 0.326. The van der Waals surface area contributed by atoms with Crippen molar-refractivity contribution in [1.82, 2.24) is 4.98 Å². The Bertz CT molecular complexity index is 578. The van der Waals surface area contributed by atoms with E-state index in [0.717, 1.165) is 20.9 Å². The van der Waals surface area contributed by atoms with Gasteiger partial charge >= 0.3 is 5.97 Å². The predicted octanol–water partition coefficient (Wildman–Crippen LogP) is 2.61. The van der Waals surface area contributed by atoms with Crippen LogP contribution in [0.2, 0.25) is 0 Å². The van der Waals surface area contributed by atoms with Gasteiger partial charge in [0.05, 0.1) is 6.61 Å². The van der Waals surface area contributed by atoms with E-state index in [9.17, 15) is 4.79 Å². The molecule has 4 nitrogen and oxygen atoms in total. The number of nitrogens with two attached hydrogens (primary N) is 1. The molecule has 0 aliphatic rings. The summed E-state index contributed by atoms with van der Waals surface area (Å²) >= 11 is 3.43. The third kappa shape index (κ3) is 2.42. The van der Waals surface area contributed by atoms with Crippen LogP contribution in [0.5, 0.6) is 0 Å². The summed E-state index contributed by atoms with van der Waals surface area (Å²) in [7, 11) is 0. The molecule has 0 saturated carbocycles. The normalized spacial score (nSPS) is 10.8. The molecule has 2 aromatic rings. The number of hydrogen-bond donors (Lipinski definition) is 2. The molecule has 0 amide bonds. The molecule has 0 spiro atoms. The first-order chi connectivity index (χ1) is 8.67. The number of fused-ring (bicyclic) bond motifs is 1. The topological polar surface area (TPSA) is 68.1 Å². The van der Waals surface area contributed by atoms with Gasteiger partial charge in [-0.15, -0.1) is 0 Å². The number of aromatic amines is 1. The molecule has 5 heteroatoms. The Kier molecular flexibility index (Phi) is 4.04. The first-order valence-corrected chi connectivity index (χ1v) is 6.64. The molecule has 0 aliphatic carbocycles. The zero-order valence-corrected chi connectivity index (χ0v) is 11.7. The van der Waals surface area contributed by atoms with Gasteiger partial charge in [-0.1, -0.05) is 15.9 Å². The second-order valence-electron chi connectivity index (χ2n) is 3.93. The van der Waals surface area contributed by atoms with Crippen LogP contribution in [-0.4, -0.2) is 24.1 Å². The van der Waals surface area contributed by atoms with E-state index in [0.29, 0.717) is 25.3 Å². The summed E-state index contributed by atoms with van der Waals surface area (Å²) in [5.41, 5.74) is 7.97. The SMILES string of the molecule is CCOC(=O)c1[nH]c2ccc(Br)cc2c1CCN. The number of esters is 1. The van der Waals surface area contributed by atoms with Crippen molar-refractivity contribution in [2.75, 3.05) is 13.2 Å². The van der Waals surface area contributed by atoms with Gasteiger partial charge in [0.25, 0.3) is 0 Å². The van der Waals surface area contributed by atoms with Crippen LogP contribution in [0.3, 0.4) is 0 Å². The lowest BCUT2D eigenvalue weighted by Gasteiger charge is -2.03. The number of aromatic nitrogens is 1. The van der Waals surface area contributed by atoms with Crippen molar-refractivity contribution in [3.63, 3.8) is 0 Å². The number of carbonyl (C=O) groups is 1. The van der Waals surface area contributed by atoms with E-state index in [1.165, 1.54) is 0 Å². The summed E-state index contributed by atoms with van der Waals surface area (Å²) < 4.78 is 6.03. The van der Waals surface area contributed by atoms with Crippen molar-refractivity contribution >= 4 is 32.8 Å². The molecule has 0 unspecified atom stereocenters. The van der Waals surface area contributed by atoms with Crippen molar-refractivity contribution in [3.8, 4) is 0 Å². The summed E-state index contributed by atoms with van der Waals surface area (Å²) in [5.74, 6) is -0.326. The summed E-state index contributed by atoms with van der Waals surface area (Å²) in [5, 5.41) is 1.01. The summed E-state index contributed by atoms with van der Waals surface area (Å²) in [6, 6.07) is 5.85. The van der Waals surface area contributed by atoms with Gasteiger partial charge in [0, 0.05) is 15.4 Å². The number of halogens is 1. The zero-order chi connectivity index (χ0) is 13.1. The Morgan fingerprint density at radius 3 is 2.94 bits per heavy atom. The average Bonchev–Trinajstić information content (AvgIpc) is 2.69. The Morgan fingerprint density at radius 1 is 1.50 bits per heavy atom. The fourth-order valence-electron chi connectivity index (χ4n) is 2.00. The second-order valence-corrected chi connectivity index (χ2v) is 4.84. The lowest BCUT2D eigenvalue weighted by atomic mass is 10.1. The van der Waals surface area contributed by atoms with Crippen LogP contribution < -0.4 is 5.73 Å². The van der Waals surface area contributed by atoms with Gasteiger partial charge in [0.15, 0.2) is 0 Å². The highest BCUT2D eigenvalue weighted by atomic mass is 79.9. The molecule has 3 N–H and O–H groups in total. The molecule has 96 valence electrons. The van der Waals surface area contributed by atoms with Crippen molar-refractivity contribution in [2.24, 2.45) is 5.73 Å². The lowest BCUT2D eigenvalue weighted by Crippen LogP contribution is -2.10. The Balaban J connectivity index is 2.57. The van der Waals surface area contributed by atoms with Crippen LogP contribution in [0.15, 0.2) is 22.7 Å². The van der Waals surface area contributed by atoms with Crippen molar-refractivity contribution < 1.29 is 9.53 Å². The summed E-state index contributed by atoms with van der Waals surface area (Å²) in [6.07, 6.45) is 0.643. The van der Waals surface area contributed by atoms with E-state index in [1.54, 1.807) is 6.92 Å². The highest BCUT2D eigenvalue weighted by Crippen LogP contribution is 2.26. The Hall–Kier alpha value is -1.33. The number of hydrogen-bond acceptors (Lipinski definition) is 3. The van der Waals surface area contributed by atoms with Gasteiger partial charge in [-0.3, -0.25) is 0 Å². The predicted molar refractivity (Wildman–Crippen MR) is 74.7 cm³/mol. The van der Waals surface area contributed by atoms with Gasteiger partial charge < -0.3 is 15.5 Å². The Labute approximate surface area is 114 Å². The summed E-state index contributed by atoms with van der Waals surface area (Å²) in [6.45, 7) is 2.64. The van der Waals surface area contributed by atoms with E-state index in [-0.39, 0.29) is 5.97 Å². The fraction of sp³-hybridized carbons (Fsp3) is 0.308. The number of rotatable bonds is 4. The lowest BCUT2D eigenvalue weighted by molar-refractivity contribution is 0.0519. The molecular weight excluding hydrogens is 296 g/mol. The van der Waals surface area contributed by atoms with Crippen LogP contribution in [0, 0.1) is 0 Å². The van der Waals surface area contributed by atoms with Gasteiger partial charge in [0.1, 0.15) is 5.69 Å². The molecule has 1 aromatic heterocycles. The van der Waals surface area contributed by atoms with Crippen LogP contribution >= 0.6 is 15.9 Å². The molecule has 1 heterocycles. The van der Waals surface area contributed by atoms with Crippen LogP contribution in [0.4, 0.5) is 0 Å². The molecule has 18 heavy (non-hydrogen) atoms. The molecule has 0 atom stereocenters. The first-order valence-electron chi connectivity index (χ1n) is 5.84. The minimum atomic E-state index is -0.326. The molecule has 0 radical (unpaired) electrons. The van der Waals surface area contributed by atoms with Gasteiger partial charge in [0.2, 0.25) is 0 Å². The zero-order valence-electron chi connectivity index (χ0n) is 10.1. The third-order valence-electron chi connectivity index (χ3n) is 2.74. The summed E-state index contributed by atoms with van der Waals surface area (Å²) in [4.78, 5) is 15.0. The number of benzene rings is 1. The number of carbonyl (C=O) groups excluding carboxylic acids is 1. The van der Waals surface area contributed by atoms with Crippen LogP contribution in [0.25, 0.3) is 10.9 Å². The van der Waals surface area contributed by atoms with Crippen LogP contribution in [0.1, 0.15) is 23.0 Å².